The molecule has 0 heterocycles. The van der Waals surface area contributed by atoms with E-state index in [2.05, 4.69) is 29.7 Å². The number of rotatable bonds is 4. The highest BCUT2D eigenvalue weighted by Crippen LogP contribution is 2.38. The van der Waals surface area contributed by atoms with Gasteiger partial charge in [-0.3, -0.25) is 11.3 Å². The highest BCUT2D eigenvalue weighted by molar-refractivity contribution is 5.28. The third-order valence-electron chi connectivity index (χ3n) is 5.17. The summed E-state index contributed by atoms with van der Waals surface area (Å²) < 4.78 is 0. The zero-order valence-electron chi connectivity index (χ0n) is 11.8. The summed E-state index contributed by atoms with van der Waals surface area (Å²) in [5.74, 6) is 7.36. The molecule has 0 bridgehead atoms. The third-order valence-corrected chi connectivity index (χ3v) is 5.17. The van der Waals surface area contributed by atoms with Crippen molar-refractivity contribution in [3.8, 4) is 0 Å². The van der Waals surface area contributed by atoms with E-state index in [4.69, 9.17) is 5.84 Å². The Morgan fingerprint density at radius 2 is 1.58 bits per heavy atom. The molecule has 3 N–H and O–H groups in total. The molecule has 2 saturated carbocycles. The van der Waals surface area contributed by atoms with Crippen molar-refractivity contribution < 1.29 is 0 Å². The van der Waals surface area contributed by atoms with Crippen LogP contribution in [0.4, 0.5) is 0 Å². The van der Waals surface area contributed by atoms with Crippen LogP contribution in [0.1, 0.15) is 74.5 Å². The third kappa shape index (κ3) is 2.85. The van der Waals surface area contributed by atoms with Gasteiger partial charge >= 0.3 is 0 Å². The van der Waals surface area contributed by atoms with Crippen LogP contribution in [0, 0.1) is 5.92 Å². The number of hydrogen-bond donors (Lipinski definition) is 2. The molecular weight excluding hydrogens is 232 g/mol. The summed E-state index contributed by atoms with van der Waals surface area (Å²) in [6.45, 7) is 0. The van der Waals surface area contributed by atoms with Gasteiger partial charge in [-0.15, -0.1) is 0 Å². The molecule has 2 nitrogen and oxygen atoms in total. The normalized spacial score (nSPS) is 23.0. The number of nitrogens with two attached hydrogens (primary N) is 1. The molecular formula is C17H26N2. The summed E-state index contributed by atoms with van der Waals surface area (Å²) in [7, 11) is 0. The van der Waals surface area contributed by atoms with E-state index >= 15 is 0 Å². The number of hydrazine groups is 1. The Balaban J connectivity index is 1.71. The fraction of sp³-hybridized carbons (Fsp3) is 0.647. The zero-order valence-corrected chi connectivity index (χ0v) is 11.8. The molecule has 2 aliphatic carbocycles. The predicted octanol–water partition coefficient (Wildman–Crippen LogP) is 4.04. The predicted molar refractivity (Wildman–Crippen MR) is 79.7 cm³/mol. The lowest BCUT2D eigenvalue weighted by atomic mass is 9.78. The minimum Gasteiger partial charge on any atom is -0.271 e. The Kier molecular flexibility index (Phi) is 4.19. The molecule has 1 unspecified atom stereocenters. The van der Waals surface area contributed by atoms with Gasteiger partial charge in [0.25, 0.3) is 0 Å². The smallest absolute Gasteiger partial charge is 0.0488 e. The van der Waals surface area contributed by atoms with E-state index in [1.54, 1.807) is 0 Å². The van der Waals surface area contributed by atoms with Crippen LogP contribution in [0.3, 0.4) is 0 Å². The van der Waals surface area contributed by atoms with E-state index in [-0.39, 0.29) is 0 Å². The largest absolute Gasteiger partial charge is 0.271 e. The molecule has 0 amide bonds. The average molecular weight is 258 g/mol. The van der Waals surface area contributed by atoms with Crippen LogP contribution in [0.15, 0.2) is 24.3 Å². The second kappa shape index (κ2) is 6.06. The molecule has 19 heavy (non-hydrogen) atoms. The minimum absolute atomic E-state index is 0.343. The van der Waals surface area contributed by atoms with Crippen molar-refractivity contribution >= 4 is 0 Å². The molecule has 2 fully saturated rings. The second-order valence-corrected chi connectivity index (χ2v) is 6.34. The fourth-order valence-corrected chi connectivity index (χ4v) is 3.69. The number of hydrogen-bond acceptors (Lipinski definition) is 2. The first kappa shape index (κ1) is 13.1. The van der Waals surface area contributed by atoms with Gasteiger partial charge in [-0.25, -0.2) is 0 Å². The van der Waals surface area contributed by atoms with E-state index in [9.17, 15) is 0 Å². The van der Waals surface area contributed by atoms with Gasteiger partial charge in [-0.1, -0.05) is 49.9 Å². The first-order valence-corrected chi connectivity index (χ1v) is 7.94. The van der Waals surface area contributed by atoms with Crippen LogP contribution in [0.25, 0.3) is 0 Å². The van der Waals surface area contributed by atoms with Crippen molar-refractivity contribution in [3.05, 3.63) is 35.4 Å². The van der Waals surface area contributed by atoms with Crippen LogP contribution >= 0.6 is 0 Å². The minimum atomic E-state index is 0.343. The molecule has 1 aromatic rings. The van der Waals surface area contributed by atoms with Crippen LogP contribution in [0.5, 0.6) is 0 Å². The van der Waals surface area contributed by atoms with E-state index in [0.717, 1.165) is 5.92 Å². The first-order chi connectivity index (χ1) is 9.38. The van der Waals surface area contributed by atoms with E-state index in [0.29, 0.717) is 12.0 Å². The lowest BCUT2D eigenvalue weighted by molar-refractivity contribution is 0.273. The second-order valence-electron chi connectivity index (χ2n) is 6.34. The maximum atomic E-state index is 5.82. The van der Waals surface area contributed by atoms with Gasteiger partial charge in [0.05, 0.1) is 0 Å². The lowest BCUT2D eigenvalue weighted by Gasteiger charge is -2.31. The zero-order chi connectivity index (χ0) is 13.1. The van der Waals surface area contributed by atoms with Crippen LogP contribution < -0.4 is 11.3 Å². The molecule has 3 rings (SSSR count). The molecule has 1 atom stereocenters. The van der Waals surface area contributed by atoms with Crippen LogP contribution in [-0.4, -0.2) is 0 Å². The van der Waals surface area contributed by atoms with Gasteiger partial charge in [-0.05, 0) is 48.6 Å². The average Bonchev–Trinajstić information content (AvgIpc) is 2.41. The van der Waals surface area contributed by atoms with Crippen LogP contribution in [0.2, 0.25) is 0 Å². The molecule has 1 aromatic carbocycles. The summed E-state index contributed by atoms with van der Waals surface area (Å²) in [6, 6.07) is 9.59. The Morgan fingerprint density at radius 1 is 0.895 bits per heavy atom. The summed E-state index contributed by atoms with van der Waals surface area (Å²) in [5, 5.41) is 0. The topological polar surface area (TPSA) is 38.0 Å². The molecule has 0 saturated heterocycles. The van der Waals surface area contributed by atoms with Crippen molar-refractivity contribution in [1.29, 1.82) is 0 Å². The summed E-state index contributed by atoms with van der Waals surface area (Å²) >= 11 is 0. The molecule has 104 valence electrons. The van der Waals surface area contributed by atoms with Crippen molar-refractivity contribution in [2.75, 3.05) is 0 Å². The van der Waals surface area contributed by atoms with Crippen molar-refractivity contribution in [3.63, 3.8) is 0 Å². The number of nitrogens with one attached hydrogen (secondary N) is 1. The lowest BCUT2D eigenvalue weighted by Crippen LogP contribution is -2.34. The number of benzene rings is 1. The highest BCUT2D eigenvalue weighted by Gasteiger charge is 2.25. The Labute approximate surface area is 116 Å². The van der Waals surface area contributed by atoms with Crippen LogP contribution in [-0.2, 0) is 0 Å². The van der Waals surface area contributed by atoms with E-state index in [1.165, 1.54) is 62.5 Å². The van der Waals surface area contributed by atoms with Crippen molar-refractivity contribution in [1.82, 2.24) is 5.43 Å². The quantitative estimate of drug-likeness (QED) is 0.632. The summed E-state index contributed by atoms with van der Waals surface area (Å²) in [5.41, 5.74) is 5.96. The summed E-state index contributed by atoms with van der Waals surface area (Å²) in [4.78, 5) is 0. The van der Waals surface area contributed by atoms with Gasteiger partial charge < -0.3 is 0 Å². The Bertz CT molecular complexity index is 388. The molecule has 2 heteroatoms. The van der Waals surface area contributed by atoms with Crippen molar-refractivity contribution in [2.45, 2.75) is 63.3 Å². The fourth-order valence-electron chi connectivity index (χ4n) is 3.69. The summed E-state index contributed by atoms with van der Waals surface area (Å²) in [6.07, 6.45) is 10.9. The maximum Gasteiger partial charge on any atom is 0.0488 e. The molecule has 0 radical (unpaired) electrons. The standard InChI is InChI=1S/C17H26N2/c18-19-17(15-5-2-1-3-6-15)16-11-9-14(10-12-16)13-7-4-8-13/h9-13,15,17,19H,1-8,18H2. The molecule has 0 spiro atoms. The molecule has 0 aliphatic heterocycles. The van der Waals surface area contributed by atoms with Gasteiger partial charge in [-0.2, -0.15) is 0 Å². The van der Waals surface area contributed by atoms with Gasteiger partial charge in [0.2, 0.25) is 0 Å². The molecule has 0 aromatic heterocycles. The molecule has 2 aliphatic rings. The first-order valence-electron chi connectivity index (χ1n) is 7.94. The van der Waals surface area contributed by atoms with Gasteiger partial charge in [0.15, 0.2) is 0 Å². The van der Waals surface area contributed by atoms with E-state index < -0.39 is 0 Å². The highest BCUT2D eigenvalue weighted by atomic mass is 15.2. The Hall–Kier alpha value is -0.860. The maximum absolute atomic E-state index is 5.82. The monoisotopic (exact) mass is 258 g/mol. The Morgan fingerprint density at radius 3 is 2.11 bits per heavy atom. The van der Waals surface area contributed by atoms with Gasteiger partial charge in [0, 0.05) is 6.04 Å². The SMILES string of the molecule is NNC(c1ccc(C2CCC2)cc1)C1CCCCC1. The van der Waals surface area contributed by atoms with Gasteiger partial charge in [0.1, 0.15) is 0 Å². The van der Waals surface area contributed by atoms with Crippen molar-refractivity contribution in [2.24, 2.45) is 11.8 Å². The van der Waals surface area contributed by atoms with E-state index in [1.807, 2.05) is 0 Å².